The zero-order valence-corrected chi connectivity index (χ0v) is 12.3. The van der Waals surface area contributed by atoms with Gasteiger partial charge in [-0.3, -0.25) is 0 Å². The van der Waals surface area contributed by atoms with Gasteiger partial charge in [0.25, 0.3) is 0 Å². The Morgan fingerprint density at radius 3 is 3.11 bits per heavy atom. The fraction of sp³-hybridized carbons (Fsp3) is 0.533. The summed E-state index contributed by atoms with van der Waals surface area (Å²) in [5, 5.41) is 11.2. The zero-order valence-electron chi connectivity index (χ0n) is 11.5. The lowest BCUT2D eigenvalue weighted by Crippen LogP contribution is -2.13. The van der Waals surface area contributed by atoms with Gasteiger partial charge in [0.15, 0.2) is 0 Å². The van der Waals surface area contributed by atoms with Crippen molar-refractivity contribution in [3.63, 3.8) is 0 Å². The van der Waals surface area contributed by atoms with Crippen LogP contribution in [0.15, 0.2) is 12.3 Å². The first-order chi connectivity index (χ1) is 9.19. The number of hydrogen-bond donors (Lipinski definition) is 1. The molecule has 0 aromatic carbocycles. The Hall–Kier alpha value is -1.13. The van der Waals surface area contributed by atoms with Crippen molar-refractivity contribution in [2.75, 3.05) is 0 Å². The van der Waals surface area contributed by atoms with Crippen LogP contribution in [0.1, 0.15) is 52.7 Å². The van der Waals surface area contributed by atoms with Crippen LogP contribution in [-0.4, -0.2) is 14.7 Å². The summed E-state index contributed by atoms with van der Waals surface area (Å²) >= 11 is 1.80. The summed E-state index contributed by atoms with van der Waals surface area (Å²) in [6, 6.07) is 2.15. The lowest BCUT2D eigenvalue weighted by Gasteiger charge is -2.20. The molecule has 0 radical (unpaired) electrons. The maximum Gasteiger partial charge on any atom is 0.113 e. The summed E-state index contributed by atoms with van der Waals surface area (Å²) in [6.45, 7) is 5.13. The summed E-state index contributed by atoms with van der Waals surface area (Å²) in [5.41, 5.74) is 3.68. The summed E-state index contributed by atoms with van der Waals surface area (Å²) in [7, 11) is 0. The summed E-state index contributed by atoms with van der Waals surface area (Å²) in [4.78, 5) is 5.85. The topological polar surface area (TPSA) is 38.0 Å². The molecule has 1 atom stereocenters. The molecule has 3 rings (SSSR count). The summed E-state index contributed by atoms with van der Waals surface area (Å²) in [6.07, 6.45) is 5.82. The Bertz CT molecular complexity index is 585. The fourth-order valence-corrected chi connectivity index (χ4v) is 3.73. The second kappa shape index (κ2) is 5.10. The van der Waals surface area contributed by atoms with Gasteiger partial charge in [-0.25, -0.2) is 4.98 Å². The van der Waals surface area contributed by atoms with Crippen LogP contribution in [-0.2, 0) is 19.4 Å². The molecule has 102 valence electrons. The number of rotatable bonds is 3. The number of aliphatic hydroxyl groups excluding tert-OH is 1. The molecule has 1 aliphatic rings. The first-order valence-electron chi connectivity index (χ1n) is 6.99. The molecule has 2 heterocycles. The normalized spacial score (nSPS) is 18.6. The van der Waals surface area contributed by atoms with Gasteiger partial charge in [0.05, 0.1) is 12.6 Å². The van der Waals surface area contributed by atoms with Crippen molar-refractivity contribution in [2.24, 2.45) is 0 Å². The van der Waals surface area contributed by atoms with Crippen LogP contribution in [0.25, 0.3) is 0 Å². The van der Waals surface area contributed by atoms with E-state index in [1.807, 2.05) is 6.20 Å². The molecule has 1 N–H and O–H groups in total. The molecule has 3 nitrogen and oxygen atoms in total. The number of hydrogen-bond acceptors (Lipinski definition) is 3. The number of aryl methyl sites for hydroxylation is 2. The van der Waals surface area contributed by atoms with E-state index in [4.69, 9.17) is 0 Å². The predicted molar refractivity (Wildman–Crippen MR) is 77.7 cm³/mol. The van der Waals surface area contributed by atoms with Crippen molar-refractivity contribution in [1.29, 1.82) is 0 Å². The quantitative estimate of drug-likeness (QED) is 0.934. The van der Waals surface area contributed by atoms with Crippen molar-refractivity contribution < 1.29 is 5.11 Å². The third-order valence-corrected chi connectivity index (χ3v) is 5.07. The molecule has 4 heteroatoms. The van der Waals surface area contributed by atoms with Gasteiger partial charge in [0, 0.05) is 28.0 Å². The maximum atomic E-state index is 10.1. The average Bonchev–Trinajstić information content (AvgIpc) is 2.97. The lowest BCUT2D eigenvalue weighted by molar-refractivity contribution is 0.156. The molecule has 0 spiro atoms. The molecular weight excluding hydrogens is 256 g/mol. The summed E-state index contributed by atoms with van der Waals surface area (Å²) in [5.74, 6) is 0. The SMILES string of the molecule is CCc1cnc(Cn2c(C)cc3c2CCCC3O)s1. The Labute approximate surface area is 117 Å². The van der Waals surface area contributed by atoms with Crippen LogP contribution in [0, 0.1) is 6.92 Å². The van der Waals surface area contributed by atoms with Crippen LogP contribution in [0.2, 0.25) is 0 Å². The number of aromatic nitrogens is 2. The van der Waals surface area contributed by atoms with E-state index in [2.05, 4.69) is 29.5 Å². The Morgan fingerprint density at radius 1 is 1.53 bits per heavy atom. The van der Waals surface area contributed by atoms with E-state index in [1.165, 1.54) is 21.3 Å². The number of aliphatic hydroxyl groups is 1. The van der Waals surface area contributed by atoms with Crippen LogP contribution >= 0.6 is 11.3 Å². The van der Waals surface area contributed by atoms with Crippen LogP contribution in [0.3, 0.4) is 0 Å². The van der Waals surface area contributed by atoms with Gasteiger partial charge in [-0.2, -0.15) is 0 Å². The standard InChI is InChI=1S/C15H20N2OS/c1-3-11-8-16-15(19-11)9-17-10(2)7-12-13(17)5-4-6-14(12)18/h7-8,14,18H,3-6,9H2,1-2H3. The second-order valence-corrected chi connectivity index (χ2v) is 6.46. The molecule has 19 heavy (non-hydrogen) atoms. The monoisotopic (exact) mass is 276 g/mol. The van der Waals surface area contributed by atoms with Crippen LogP contribution in [0.5, 0.6) is 0 Å². The van der Waals surface area contributed by atoms with E-state index < -0.39 is 0 Å². The van der Waals surface area contributed by atoms with Crippen molar-refractivity contribution in [3.05, 3.63) is 39.1 Å². The number of fused-ring (bicyclic) bond motifs is 1. The Kier molecular flexibility index (Phi) is 3.46. The minimum atomic E-state index is -0.272. The molecule has 2 aromatic heterocycles. The lowest BCUT2D eigenvalue weighted by atomic mass is 9.95. The molecule has 0 amide bonds. The molecule has 0 saturated carbocycles. The van der Waals surface area contributed by atoms with Crippen LogP contribution < -0.4 is 0 Å². The number of thiazole rings is 1. The highest BCUT2D eigenvalue weighted by molar-refractivity contribution is 7.11. The van der Waals surface area contributed by atoms with Crippen molar-refractivity contribution in [3.8, 4) is 0 Å². The average molecular weight is 276 g/mol. The third kappa shape index (κ3) is 2.35. The number of nitrogens with zero attached hydrogens (tertiary/aromatic N) is 2. The van der Waals surface area contributed by atoms with E-state index in [1.54, 1.807) is 11.3 Å². The van der Waals surface area contributed by atoms with Gasteiger partial charge in [0.2, 0.25) is 0 Å². The van der Waals surface area contributed by atoms with Gasteiger partial charge in [-0.05, 0) is 38.7 Å². The third-order valence-electron chi connectivity index (χ3n) is 3.94. The minimum Gasteiger partial charge on any atom is -0.388 e. The highest BCUT2D eigenvalue weighted by atomic mass is 32.1. The highest BCUT2D eigenvalue weighted by Crippen LogP contribution is 2.32. The predicted octanol–water partition coefficient (Wildman–Crippen LogP) is 3.23. The Morgan fingerprint density at radius 2 is 2.37 bits per heavy atom. The van der Waals surface area contributed by atoms with Crippen molar-refractivity contribution >= 4 is 11.3 Å². The van der Waals surface area contributed by atoms with Gasteiger partial charge < -0.3 is 9.67 Å². The molecular formula is C15H20N2OS. The molecule has 2 aromatic rings. The molecule has 1 aliphatic carbocycles. The Balaban J connectivity index is 1.92. The van der Waals surface area contributed by atoms with E-state index in [0.29, 0.717) is 0 Å². The van der Waals surface area contributed by atoms with Gasteiger partial charge >= 0.3 is 0 Å². The minimum absolute atomic E-state index is 0.272. The van der Waals surface area contributed by atoms with Crippen molar-refractivity contribution in [2.45, 2.75) is 52.2 Å². The van der Waals surface area contributed by atoms with Crippen LogP contribution in [0.4, 0.5) is 0 Å². The van der Waals surface area contributed by atoms with E-state index >= 15 is 0 Å². The maximum absolute atomic E-state index is 10.1. The smallest absolute Gasteiger partial charge is 0.113 e. The first-order valence-corrected chi connectivity index (χ1v) is 7.81. The molecule has 0 aliphatic heterocycles. The second-order valence-electron chi connectivity index (χ2n) is 5.26. The summed E-state index contributed by atoms with van der Waals surface area (Å²) < 4.78 is 2.33. The van der Waals surface area contributed by atoms with Gasteiger partial charge in [0.1, 0.15) is 5.01 Å². The zero-order chi connectivity index (χ0) is 13.4. The van der Waals surface area contributed by atoms with Gasteiger partial charge in [-0.15, -0.1) is 11.3 Å². The first kappa shape index (κ1) is 12.9. The molecule has 0 saturated heterocycles. The highest BCUT2D eigenvalue weighted by Gasteiger charge is 2.23. The van der Waals surface area contributed by atoms with E-state index in [9.17, 15) is 5.11 Å². The molecule has 1 unspecified atom stereocenters. The van der Waals surface area contributed by atoms with E-state index in [0.717, 1.165) is 37.8 Å². The van der Waals surface area contributed by atoms with Gasteiger partial charge in [-0.1, -0.05) is 6.92 Å². The molecule has 0 fully saturated rings. The van der Waals surface area contributed by atoms with E-state index in [-0.39, 0.29) is 6.10 Å². The largest absolute Gasteiger partial charge is 0.388 e. The van der Waals surface area contributed by atoms with Crippen molar-refractivity contribution in [1.82, 2.24) is 9.55 Å². The molecule has 0 bridgehead atoms. The fourth-order valence-electron chi connectivity index (χ4n) is 2.88.